The van der Waals surface area contributed by atoms with Crippen molar-refractivity contribution in [2.75, 3.05) is 6.61 Å². The molecule has 100 valence electrons. The zero-order valence-corrected chi connectivity index (χ0v) is 11.9. The molecule has 0 spiro atoms. The van der Waals surface area contributed by atoms with Crippen molar-refractivity contribution in [1.82, 2.24) is 5.32 Å². The van der Waals surface area contributed by atoms with E-state index in [1.807, 2.05) is 25.2 Å². The highest BCUT2D eigenvalue weighted by molar-refractivity contribution is 7.10. The minimum atomic E-state index is -0.180. The summed E-state index contributed by atoms with van der Waals surface area (Å²) in [6, 6.07) is 2.32. The predicted molar refractivity (Wildman–Crippen MR) is 73.8 cm³/mol. The second-order valence-electron chi connectivity index (χ2n) is 4.62. The van der Waals surface area contributed by atoms with Crippen molar-refractivity contribution in [3.05, 3.63) is 21.9 Å². The van der Waals surface area contributed by atoms with Gasteiger partial charge in [-0.2, -0.15) is 0 Å². The summed E-state index contributed by atoms with van der Waals surface area (Å²) < 4.78 is 5.11. The van der Waals surface area contributed by atoms with Gasteiger partial charge in [-0.1, -0.05) is 6.92 Å². The summed E-state index contributed by atoms with van der Waals surface area (Å²) in [5.41, 5.74) is 1.38. The highest BCUT2D eigenvalue weighted by Gasteiger charge is 2.26. The van der Waals surface area contributed by atoms with E-state index < -0.39 is 0 Å². The summed E-state index contributed by atoms with van der Waals surface area (Å²) in [6.07, 6.45) is 4.26. The van der Waals surface area contributed by atoms with Crippen LogP contribution in [0.2, 0.25) is 0 Å². The maximum atomic E-state index is 11.8. The molecule has 1 N–H and O–H groups in total. The third-order valence-electron chi connectivity index (χ3n) is 3.43. The first kappa shape index (κ1) is 13.6. The molecule has 1 heterocycles. The highest BCUT2D eigenvalue weighted by atomic mass is 32.1. The molecule has 1 aliphatic rings. The highest BCUT2D eigenvalue weighted by Crippen LogP contribution is 2.33. The molecule has 0 bridgehead atoms. The van der Waals surface area contributed by atoms with Gasteiger partial charge in [0.15, 0.2) is 0 Å². The van der Waals surface area contributed by atoms with E-state index >= 15 is 0 Å². The van der Waals surface area contributed by atoms with Crippen LogP contribution in [0, 0.1) is 0 Å². The van der Waals surface area contributed by atoms with E-state index in [2.05, 4.69) is 16.8 Å². The van der Waals surface area contributed by atoms with E-state index in [-0.39, 0.29) is 12.0 Å². The lowest BCUT2D eigenvalue weighted by molar-refractivity contribution is -0.146. The van der Waals surface area contributed by atoms with Crippen molar-refractivity contribution in [3.8, 4) is 0 Å². The minimum Gasteiger partial charge on any atom is -0.465 e. The lowest BCUT2D eigenvalue weighted by Crippen LogP contribution is -2.40. The second-order valence-corrected chi connectivity index (χ2v) is 5.62. The Balaban J connectivity index is 2.03. The third-order valence-corrected chi connectivity index (χ3v) is 4.43. The average Bonchev–Trinajstić information content (AvgIpc) is 2.85. The number of carbonyl (C=O) groups is 1. The molecule has 1 aromatic rings. The quantitative estimate of drug-likeness (QED) is 0.833. The van der Waals surface area contributed by atoms with Crippen LogP contribution in [0.3, 0.4) is 0 Å². The standard InChI is InChI=1S/C14H21NO2S/c1-3-11(14(16)17-4-2)15-12-6-5-7-13-10(12)8-9-18-13/h8-9,11-12,15H,3-7H2,1-2H3. The monoisotopic (exact) mass is 267 g/mol. The molecule has 0 saturated carbocycles. The van der Waals surface area contributed by atoms with Crippen LogP contribution in [0.4, 0.5) is 0 Å². The van der Waals surface area contributed by atoms with E-state index in [0.29, 0.717) is 12.6 Å². The number of ether oxygens (including phenoxy) is 1. The van der Waals surface area contributed by atoms with Gasteiger partial charge in [0.2, 0.25) is 0 Å². The van der Waals surface area contributed by atoms with Crippen molar-refractivity contribution >= 4 is 17.3 Å². The SMILES string of the molecule is CCOC(=O)C(CC)NC1CCCc2sccc21. The molecule has 2 rings (SSSR count). The molecular weight excluding hydrogens is 246 g/mol. The van der Waals surface area contributed by atoms with Crippen LogP contribution in [0.25, 0.3) is 0 Å². The van der Waals surface area contributed by atoms with Gasteiger partial charge in [-0.15, -0.1) is 11.3 Å². The van der Waals surface area contributed by atoms with Crippen molar-refractivity contribution in [2.24, 2.45) is 0 Å². The maximum Gasteiger partial charge on any atom is 0.323 e. The Labute approximate surface area is 113 Å². The summed E-state index contributed by atoms with van der Waals surface area (Å²) in [6.45, 7) is 4.32. The Hall–Kier alpha value is -0.870. The number of nitrogens with one attached hydrogen (secondary N) is 1. The molecular formula is C14H21NO2S. The van der Waals surface area contributed by atoms with E-state index in [1.165, 1.54) is 23.3 Å². The van der Waals surface area contributed by atoms with Crippen LogP contribution in [-0.2, 0) is 16.0 Å². The number of hydrogen-bond acceptors (Lipinski definition) is 4. The van der Waals surface area contributed by atoms with Gasteiger partial charge in [0, 0.05) is 10.9 Å². The molecule has 0 radical (unpaired) electrons. The molecule has 0 amide bonds. The van der Waals surface area contributed by atoms with Gasteiger partial charge in [0.25, 0.3) is 0 Å². The smallest absolute Gasteiger partial charge is 0.323 e. The van der Waals surface area contributed by atoms with E-state index in [1.54, 1.807) is 0 Å². The van der Waals surface area contributed by atoms with Crippen LogP contribution in [0.15, 0.2) is 11.4 Å². The maximum absolute atomic E-state index is 11.8. The molecule has 0 aromatic carbocycles. The van der Waals surface area contributed by atoms with Gasteiger partial charge in [-0.3, -0.25) is 10.1 Å². The molecule has 0 aliphatic heterocycles. The first-order valence-corrected chi connectivity index (χ1v) is 7.63. The first-order chi connectivity index (χ1) is 8.76. The van der Waals surface area contributed by atoms with Crippen molar-refractivity contribution in [3.63, 3.8) is 0 Å². The Morgan fingerprint density at radius 3 is 3.17 bits per heavy atom. The molecule has 2 unspecified atom stereocenters. The van der Waals surface area contributed by atoms with Gasteiger partial charge in [0.05, 0.1) is 6.61 Å². The topological polar surface area (TPSA) is 38.3 Å². The fourth-order valence-corrected chi connectivity index (χ4v) is 3.49. The average molecular weight is 267 g/mol. The summed E-state index contributed by atoms with van der Waals surface area (Å²) in [7, 11) is 0. The normalized spacial score (nSPS) is 20.2. The fraction of sp³-hybridized carbons (Fsp3) is 0.643. The summed E-state index contributed by atoms with van der Waals surface area (Å²) in [5.74, 6) is -0.123. The molecule has 1 aliphatic carbocycles. The summed E-state index contributed by atoms with van der Waals surface area (Å²) in [5, 5.41) is 5.61. The second kappa shape index (κ2) is 6.34. The van der Waals surface area contributed by atoms with Gasteiger partial charge in [0.1, 0.15) is 6.04 Å². The number of fused-ring (bicyclic) bond motifs is 1. The third kappa shape index (κ3) is 2.93. The van der Waals surface area contributed by atoms with Crippen LogP contribution < -0.4 is 5.32 Å². The number of carbonyl (C=O) groups excluding carboxylic acids is 1. The number of aryl methyl sites for hydroxylation is 1. The van der Waals surface area contributed by atoms with Crippen LogP contribution in [0.1, 0.15) is 49.6 Å². The molecule has 4 heteroatoms. The zero-order chi connectivity index (χ0) is 13.0. The molecule has 3 nitrogen and oxygen atoms in total. The van der Waals surface area contributed by atoms with Gasteiger partial charge < -0.3 is 4.74 Å². The zero-order valence-electron chi connectivity index (χ0n) is 11.1. The lowest BCUT2D eigenvalue weighted by Gasteiger charge is -2.27. The molecule has 0 fully saturated rings. The van der Waals surface area contributed by atoms with Gasteiger partial charge >= 0.3 is 5.97 Å². The van der Waals surface area contributed by atoms with E-state index in [4.69, 9.17) is 4.74 Å². The molecule has 2 atom stereocenters. The van der Waals surface area contributed by atoms with Crippen LogP contribution >= 0.6 is 11.3 Å². The number of thiophene rings is 1. The van der Waals surface area contributed by atoms with E-state index in [0.717, 1.165) is 12.8 Å². The van der Waals surface area contributed by atoms with Crippen molar-refractivity contribution in [1.29, 1.82) is 0 Å². The number of rotatable bonds is 5. The largest absolute Gasteiger partial charge is 0.465 e. The minimum absolute atomic E-state index is 0.123. The number of hydrogen-bond donors (Lipinski definition) is 1. The van der Waals surface area contributed by atoms with E-state index in [9.17, 15) is 4.79 Å². The molecule has 1 aromatic heterocycles. The first-order valence-electron chi connectivity index (χ1n) is 6.75. The van der Waals surface area contributed by atoms with Crippen LogP contribution in [-0.4, -0.2) is 18.6 Å². The Kier molecular flexibility index (Phi) is 4.78. The van der Waals surface area contributed by atoms with Gasteiger partial charge in [-0.05, 0) is 49.6 Å². The Morgan fingerprint density at radius 2 is 2.44 bits per heavy atom. The summed E-state index contributed by atoms with van der Waals surface area (Å²) in [4.78, 5) is 13.3. The lowest BCUT2D eigenvalue weighted by atomic mass is 9.93. The number of esters is 1. The predicted octanol–water partition coefficient (Wildman–Crippen LogP) is 3.06. The van der Waals surface area contributed by atoms with Crippen molar-refractivity contribution < 1.29 is 9.53 Å². The van der Waals surface area contributed by atoms with Gasteiger partial charge in [-0.25, -0.2) is 0 Å². The Morgan fingerprint density at radius 1 is 1.61 bits per heavy atom. The van der Waals surface area contributed by atoms with Crippen molar-refractivity contribution in [2.45, 2.75) is 51.6 Å². The fourth-order valence-electron chi connectivity index (χ4n) is 2.50. The van der Waals surface area contributed by atoms with Crippen LogP contribution in [0.5, 0.6) is 0 Å². The summed E-state index contributed by atoms with van der Waals surface area (Å²) >= 11 is 1.83. The Bertz CT molecular complexity index is 402. The molecule has 18 heavy (non-hydrogen) atoms. The molecule has 0 saturated heterocycles.